The van der Waals surface area contributed by atoms with Crippen LogP contribution < -0.4 is 15.4 Å². The third-order valence-corrected chi connectivity index (χ3v) is 6.57. The number of nitrogens with one attached hydrogen (secondary N) is 2. The van der Waals surface area contributed by atoms with Crippen LogP contribution in [0.1, 0.15) is 21.7 Å². The highest BCUT2D eigenvalue weighted by Crippen LogP contribution is 2.29. The van der Waals surface area contributed by atoms with E-state index in [1.807, 2.05) is 62.4 Å². The van der Waals surface area contributed by atoms with Crippen molar-refractivity contribution < 1.29 is 9.53 Å². The number of benzene rings is 3. The van der Waals surface area contributed by atoms with Crippen LogP contribution in [0.4, 0.5) is 5.69 Å². The Morgan fingerprint density at radius 3 is 2.56 bits per heavy atom. The van der Waals surface area contributed by atoms with E-state index in [2.05, 4.69) is 25.9 Å². The van der Waals surface area contributed by atoms with Gasteiger partial charge in [0.05, 0.1) is 12.7 Å². The maximum atomic E-state index is 13.0. The van der Waals surface area contributed by atoms with Crippen molar-refractivity contribution in [3.63, 3.8) is 0 Å². The highest BCUT2D eigenvalue weighted by atomic mass is 32.1. The van der Waals surface area contributed by atoms with Crippen molar-refractivity contribution in [2.24, 2.45) is 0 Å². The molecular formula is C24H20N6O2S2. The number of methoxy groups -OCH3 is 1. The van der Waals surface area contributed by atoms with Crippen LogP contribution in [0.15, 0.2) is 54.6 Å². The standard InChI is InChI=1S/C24H20N6O2S2/c1-13-8-9-17(22-29-30-14(2)27-28-24(30)34-22)11-19(13)25-23(33)26-21(31)18-10-15-6-4-5-7-16(15)12-20(18)32-3/h4-12H,1-3H3,(H2,25,26,31,33). The number of carbonyl (C=O) groups is 1. The lowest BCUT2D eigenvalue weighted by atomic mass is 10.1. The summed E-state index contributed by atoms with van der Waals surface area (Å²) in [5.41, 5.74) is 3.07. The number of thiocarbonyl (C=S) groups is 1. The molecule has 170 valence electrons. The second-order valence-corrected chi connectivity index (χ2v) is 9.05. The number of aromatic nitrogens is 4. The predicted molar refractivity (Wildman–Crippen MR) is 138 cm³/mol. The average molecular weight is 489 g/mol. The van der Waals surface area contributed by atoms with Crippen LogP contribution in [0.2, 0.25) is 0 Å². The van der Waals surface area contributed by atoms with Crippen LogP contribution in [0.25, 0.3) is 26.3 Å². The molecule has 3 aromatic carbocycles. The Kier molecular flexibility index (Phi) is 5.68. The lowest BCUT2D eigenvalue weighted by molar-refractivity contribution is 0.0975. The first-order valence-electron chi connectivity index (χ1n) is 10.4. The molecule has 0 spiro atoms. The molecule has 0 saturated carbocycles. The lowest BCUT2D eigenvalue weighted by Gasteiger charge is -2.14. The topological polar surface area (TPSA) is 93.4 Å². The van der Waals surface area contributed by atoms with Crippen LogP contribution in [0.5, 0.6) is 5.75 Å². The number of hydrogen-bond donors (Lipinski definition) is 2. The number of fused-ring (bicyclic) bond motifs is 2. The molecule has 8 nitrogen and oxygen atoms in total. The van der Waals surface area contributed by atoms with Crippen molar-refractivity contribution in [3.05, 3.63) is 71.5 Å². The summed E-state index contributed by atoms with van der Waals surface area (Å²) in [4.78, 5) is 13.7. The SMILES string of the molecule is COc1cc2ccccc2cc1C(=O)NC(=S)Nc1cc(-c2nn3c(C)nnc3s2)ccc1C. The largest absolute Gasteiger partial charge is 0.496 e. The van der Waals surface area contributed by atoms with Crippen LogP contribution in [0.3, 0.4) is 0 Å². The molecule has 1 amide bonds. The summed E-state index contributed by atoms with van der Waals surface area (Å²) < 4.78 is 7.16. The molecule has 2 heterocycles. The summed E-state index contributed by atoms with van der Waals surface area (Å²) in [5.74, 6) is 0.866. The van der Waals surface area contributed by atoms with Crippen molar-refractivity contribution in [1.82, 2.24) is 25.1 Å². The highest BCUT2D eigenvalue weighted by Gasteiger charge is 2.16. The summed E-state index contributed by atoms with van der Waals surface area (Å²) in [6.07, 6.45) is 0. The Morgan fingerprint density at radius 2 is 1.82 bits per heavy atom. The van der Waals surface area contributed by atoms with Gasteiger partial charge in [0.15, 0.2) is 10.9 Å². The molecule has 0 atom stereocenters. The van der Waals surface area contributed by atoms with Gasteiger partial charge in [0.25, 0.3) is 5.91 Å². The van der Waals surface area contributed by atoms with Crippen molar-refractivity contribution in [2.45, 2.75) is 13.8 Å². The van der Waals surface area contributed by atoms with Gasteiger partial charge in [-0.25, -0.2) is 0 Å². The fraction of sp³-hybridized carbons (Fsp3) is 0.125. The molecule has 0 saturated heterocycles. The van der Waals surface area contributed by atoms with Gasteiger partial charge < -0.3 is 10.1 Å². The zero-order valence-electron chi connectivity index (χ0n) is 18.6. The number of anilines is 1. The van der Waals surface area contributed by atoms with Gasteiger partial charge in [0, 0.05) is 11.3 Å². The Hall–Kier alpha value is -3.89. The number of nitrogens with zero attached hydrogens (tertiary/aromatic N) is 4. The van der Waals surface area contributed by atoms with Crippen LogP contribution in [0, 0.1) is 13.8 Å². The summed E-state index contributed by atoms with van der Waals surface area (Å²) >= 11 is 6.90. The second kappa shape index (κ2) is 8.81. The quantitative estimate of drug-likeness (QED) is 0.352. The molecule has 0 aliphatic heterocycles. The Balaban J connectivity index is 1.37. The maximum Gasteiger partial charge on any atom is 0.261 e. The van der Waals surface area contributed by atoms with E-state index in [4.69, 9.17) is 17.0 Å². The van der Waals surface area contributed by atoms with Gasteiger partial charge >= 0.3 is 0 Å². The van der Waals surface area contributed by atoms with Gasteiger partial charge in [-0.3, -0.25) is 10.1 Å². The minimum atomic E-state index is -0.349. The van der Waals surface area contributed by atoms with Crippen molar-refractivity contribution >= 4 is 56.0 Å². The number of hydrogen-bond acceptors (Lipinski definition) is 7. The first-order valence-corrected chi connectivity index (χ1v) is 11.6. The number of ether oxygens (including phenoxy) is 1. The summed E-state index contributed by atoms with van der Waals surface area (Å²) in [7, 11) is 1.54. The summed E-state index contributed by atoms with van der Waals surface area (Å²) in [5, 5.41) is 21.6. The molecule has 10 heteroatoms. The smallest absolute Gasteiger partial charge is 0.261 e. The van der Waals surface area contributed by atoms with Gasteiger partial charge in [-0.05, 0) is 60.6 Å². The zero-order valence-corrected chi connectivity index (χ0v) is 20.3. The van der Waals surface area contributed by atoms with Gasteiger partial charge in [-0.15, -0.1) is 10.2 Å². The molecule has 0 bridgehead atoms. The van der Waals surface area contributed by atoms with E-state index >= 15 is 0 Å². The van der Waals surface area contributed by atoms with E-state index in [-0.39, 0.29) is 11.0 Å². The molecule has 0 aliphatic carbocycles. The Bertz CT molecular complexity index is 1570. The van der Waals surface area contributed by atoms with Crippen LogP contribution in [-0.4, -0.2) is 37.9 Å². The average Bonchev–Trinajstić information content (AvgIpc) is 3.41. The van der Waals surface area contributed by atoms with Crippen molar-refractivity contribution in [3.8, 4) is 16.3 Å². The van der Waals surface area contributed by atoms with E-state index in [0.29, 0.717) is 11.3 Å². The maximum absolute atomic E-state index is 13.0. The fourth-order valence-electron chi connectivity index (χ4n) is 3.61. The molecule has 5 rings (SSSR count). The number of rotatable bonds is 4. The van der Waals surface area contributed by atoms with E-state index in [9.17, 15) is 4.79 Å². The molecule has 34 heavy (non-hydrogen) atoms. The third kappa shape index (κ3) is 4.09. The van der Waals surface area contributed by atoms with Crippen molar-refractivity contribution in [1.29, 1.82) is 0 Å². The van der Waals surface area contributed by atoms with Gasteiger partial charge in [0.2, 0.25) is 4.96 Å². The van der Waals surface area contributed by atoms with Crippen LogP contribution in [-0.2, 0) is 0 Å². The van der Waals surface area contributed by atoms with E-state index in [1.165, 1.54) is 11.3 Å². The Morgan fingerprint density at radius 1 is 1.06 bits per heavy atom. The van der Waals surface area contributed by atoms with Gasteiger partial charge in [-0.2, -0.15) is 9.61 Å². The van der Waals surface area contributed by atoms with E-state index in [0.717, 1.165) is 43.4 Å². The zero-order chi connectivity index (χ0) is 23.8. The monoisotopic (exact) mass is 488 g/mol. The fourth-order valence-corrected chi connectivity index (χ4v) is 4.69. The minimum absolute atomic E-state index is 0.189. The van der Waals surface area contributed by atoms with Crippen LogP contribution >= 0.6 is 23.6 Å². The molecule has 2 aromatic heterocycles. The molecule has 0 fully saturated rings. The molecule has 2 N–H and O–H groups in total. The number of aryl methyl sites for hydroxylation is 2. The Labute approximate surface area is 204 Å². The molecule has 5 aromatic rings. The number of carbonyl (C=O) groups excluding carboxylic acids is 1. The minimum Gasteiger partial charge on any atom is -0.496 e. The first-order chi connectivity index (χ1) is 16.4. The lowest BCUT2D eigenvalue weighted by Crippen LogP contribution is -2.34. The summed E-state index contributed by atoms with van der Waals surface area (Å²) in [6.45, 7) is 3.82. The van der Waals surface area contributed by atoms with E-state index < -0.39 is 0 Å². The normalized spacial score (nSPS) is 11.0. The second-order valence-electron chi connectivity index (χ2n) is 7.69. The summed E-state index contributed by atoms with van der Waals surface area (Å²) in [6, 6.07) is 17.3. The third-order valence-electron chi connectivity index (χ3n) is 5.42. The molecule has 0 radical (unpaired) electrons. The van der Waals surface area contributed by atoms with E-state index in [1.54, 1.807) is 17.7 Å². The van der Waals surface area contributed by atoms with Crippen molar-refractivity contribution in [2.75, 3.05) is 12.4 Å². The van der Waals surface area contributed by atoms with Gasteiger partial charge in [0.1, 0.15) is 10.8 Å². The highest BCUT2D eigenvalue weighted by molar-refractivity contribution is 7.80. The predicted octanol–water partition coefficient (Wildman–Crippen LogP) is 4.76. The molecular weight excluding hydrogens is 468 g/mol. The first kappa shape index (κ1) is 21.9. The van der Waals surface area contributed by atoms with Gasteiger partial charge in [-0.1, -0.05) is 47.7 Å². The molecule has 0 aliphatic rings. The molecule has 0 unspecified atom stereocenters. The number of amides is 1.